The number of benzene rings is 1. The molecule has 1 fully saturated rings. The van der Waals surface area contributed by atoms with E-state index < -0.39 is 0 Å². The van der Waals surface area contributed by atoms with Gasteiger partial charge >= 0.3 is 0 Å². The molecule has 2 atom stereocenters. The Morgan fingerprint density at radius 3 is 2.84 bits per heavy atom. The zero-order chi connectivity index (χ0) is 13.2. The zero-order valence-corrected chi connectivity index (χ0v) is 11.4. The fourth-order valence-corrected chi connectivity index (χ4v) is 2.90. The number of aromatic nitrogens is 1. The topological polar surface area (TPSA) is 50.9 Å². The number of nitrogens with zero attached hydrogens (tertiary/aromatic N) is 1. The van der Waals surface area contributed by atoms with Gasteiger partial charge in [-0.2, -0.15) is 0 Å². The van der Waals surface area contributed by atoms with Gasteiger partial charge in [0.1, 0.15) is 0 Å². The third-order valence-electron chi connectivity index (χ3n) is 4.02. The molecule has 1 aromatic carbocycles. The van der Waals surface area contributed by atoms with Crippen LogP contribution in [0.15, 0.2) is 30.3 Å². The van der Waals surface area contributed by atoms with Gasteiger partial charge in [-0.25, -0.2) is 0 Å². The van der Waals surface area contributed by atoms with Crippen molar-refractivity contribution in [2.24, 2.45) is 5.73 Å². The zero-order valence-electron chi connectivity index (χ0n) is 11.4. The second-order valence-electron chi connectivity index (χ2n) is 5.53. The number of hydrogen-bond acceptors (Lipinski definition) is 3. The lowest BCUT2D eigenvalue weighted by atomic mass is 9.91. The molecule has 3 N–H and O–H groups in total. The first-order valence-electron chi connectivity index (χ1n) is 7.12. The lowest BCUT2D eigenvalue weighted by Crippen LogP contribution is -2.42. The summed E-state index contributed by atoms with van der Waals surface area (Å²) in [6.07, 6.45) is 4.80. The smallest absolute Gasteiger partial charge is 0.0936 e. The molecule has 100 valence electrons. The Bertz CT molecular complexity index is 579. The number of nitrogens with one attached hydrogen (secondary N) is 1. The minimum absolute atomic E-state index is 0.258. The first-order valence-corrected chi connectivity index (χ1v) is 7.12. The van der Waals surface area contributed by atoms with E-state index in [-0.39, 0.29) is 6.04 Å². The summed E-state index contributed by atoms with van der Waals surface area (Å²) in [6, 6.07) is 11.1. The van der Waals surface area contributed by atoms with Crippen molar-refractivity contribution in [2.45, 2.75) is 44.7 Å². The first-order chi connectivity index (χ1) is 9.24. The molecule has 0 amide bonds. The average molecular weight is 255 g/mol. The van der Waals surface area contributed by atoms with Crippen LogP contribution in [0.2, 0.25) is 0 Å². The summed E-state index contributed by atoms with van der Waals surface area (Å²) in [4.78, 5) is 4.66. The summed E-state index contributed by atoms with van der Waals surface area (Å²) in [5.41, 5.74) is 9.44. The Labute approximate surface area is 114 Å². The summed E-state index contributed by atoms with van der Waals surface area (Å²) in [5, 5.41) is 4.79. The van der Waals surface area contributed by atoms with Crippen molar-refractivity contribution in [3.63, 3.8) is 0 Å². The molecule has 3 nitrogen and oxygen atoms in total. The molecule has 0 radical (unpaired) electrons. The standard InChI is InChI=1S/C16H21N3/c1-11-9-10-12-5-4-8-15(16(12)18-11)19-14-7-3-2-6-13(14)17/h4-5,8-10,13-14,19H,2-3,6-7,17H2,1H3/t13-,14-/m0/s1. The molecule has 2 aromatic rings. The van der Waals surface area contributed by atoms with Crippen molar-refractivity contribution in [1.29, 1.82) is 0 Å². The number of rotatable bonds is 2. The summed E-state index contributed by atoms with van der Waals surface area (Å²) in [6.45, 7) is 2.03. The predicted octanol–water partition coefficient (Wildman–Crippen LogP) is 3.23. The molecule has 0 saturated heterocycles. The Hall–Kier alpha value is -1.61. The lowest BCUT2D eigenvalue weighted by molar-refractivity contribution is 0.404. The normalized spacial score (nSPS) is 23.5. The molecule has 3 rings (SSSR count). The van der Waals surface area contributed by atoms with E-state index >= 15 is 0 Å². The van der Waals surface area contributed by atoms with Gasteiger partial charge in [0, 0.05) is 23.2 Å². The van der Waals surface area contributed by atoms with E-state index in [1.54, 1.807) is 0 Å². The Balaban J connectivity index is 1.93. The number of pyridine rings is 1. The summed E-state index contributed by atoms with van der Waals surface area (Å²) in [7, 11) is 0. The van der Waals surface area contributed by atoms with Crippen molar-refractivity contribution in [3.05, 3.63) is 36.0 Å². The highest BCUT2D eigenvalue weighted by atomic mass is 15.0. The summed E-state index contributed by atoms with van der Waals surface area (Å²) >= 11 is 0. The van der Waals surface area contributed by atoms with Gasteiger partial charge in [-0.05, 0) is 31.9 Å². The molecule has 1 aliphatic carbocycles. The summed E-state index contributed by atoms with van der Waals surface area (Å²) in [5.74, 6) is 0. The van der Waals surface area contributed by atoms with E-state index in [9.17, 15) is 0 Å². The maximum Gasteiger partial charge on any atom is 0.0936 e. The van der Waals surface area contributed by atoms with Crippen LogP contribution in [0.1, 0.15) is 31.4 Å². The molecule has 0 bridgehead atoms. The lowest BCUT2D eigenvalue weighted by Gasteiger charge is -2.30. The van der Waals surface area contributed by atoms with Crippen LogP contribution < -0.4 is 11.1 Å². The Kier molecular flexibility index (Phi) is 3.38. The van der Waals surface area contributed by atoms with E-state index in [0.29, 0.717) is 6.04 Å². The highest BCUT2D eigenvalue weighted by Crippen LogP contribution is 2.26. The molecule has 1 saturated carbocycles. The highest BCUT2D eigenvalue weighted by Gasteiger charge is 2.22. The van der Waals surface area contributed by atoms with Crippen LogP contribution in [-0.4, -0.2) is 17.1 Å². The molecule has 0 unspecified atom stereocenters. The largest absolute Gasteiger partial charge is 0.379 e. The number of para-hydroxylation sites is 1. The molecule has 1 aromatic heterocycles. The fraction of sp³-hybridized carbons (Fsp3) is 0.438. The fourth-order valence-electron chi connectivity index (χ4n) is 2.90. The minimum Gasteiger partial charge on any atom is -0.379 e. The van der Waals surface area contributed by atoms with Gasteiger partial charge in [0.15, 0.2) is 0 Å². The highest BCUT2D eigenvalue weighted by molar-refractivity contribution is 5.90. The van der Waals surface area contributed by atoms with Gasteiger partial charge in [-0.1, -0.05) is 31.0 Å². The predicted molar refractivity (Wildman–Crippen MR) is 80.3 cm³/mol. The maximum atomic E-state index is 6.22. The van der Waals surface area contributed by atoms with Crippen molar-refractivity contribution in [2.75, 3.05) is 5.32 Å². The number of aryl methyl sites for hydroxylation is 1. The van der Waals surface area contributed by atoms with Crippen LogP contribution in [-0.2, 0) is 0 Å². The summed E-state index contributed by atoms with van der Waals surface area (Å²) < 4.78 is 0. The van der Waals surface area contributed by atoms with Gasteiger partial charge in [-0.3, -0.25) is 4.98 Å². The quantitative estimate of drug-likeness (QED) is 0.866. The molecule has 19 heavy (non-hydrogen) atoms. The minimum atomic E-state index is 0.258. The number of fused-ring (bicyclic) bond motifs is 1. The molecular formula is C16H21N3. The van der Waals surface area contributed by atoms with Crippen LogP contribution in [0.3, 0.4) is 0 Å². The first kappa shape index (κ1) is 12.4. The number of nitrogens with two attached hydrogens (primary N) is 1. The van der Waals surface area contributed by atoms with Crippen molar-refractivity contribution in [1.82, 2.24) is 4.98 Å². The van der Waals surface area contributed by atoms with Crippen molar-refractivity contribution < 1.29 is 0 Å². The Morgan fingerprint density at radius 2 is 2.00 bits per heavy atom. The molecule has 1 aliphatic rings. The SMILES string of the molecule is Cc1ccc2cccc(N[C@H]3CCCC[C@@H]3N)c2n1. The Morgan fingerprint density at radius 1 is 1.16 bits per heavy atom. The average Bonchev–Trinajstić information content (AvgIpc) is 2.42. The van der Waals surface area contributed by atoms with Gasteiger partial charge in [-0.15, -0.1) is 0 Å². The monoisotopic (exact) mass is 255 g/mol. The van der Waals surface area contributed by atoms with Crippen LogP contribution in [0.25, 0.3) is 10.9 Å². The second-order valence-corrected chi connectivity index (χ2v) is 5.53. The molecule has 0 spiro atoms. The van der Waals surface area contributed by atoms with Crippen molar-refractivity contribution in [3.8, 4) is 0 Å². The molecule has 1 heterocycles. The third kappa shape index (κ3) is 2.56. The van der Waals surface area contributed by atoms with Gasteiger partial charge in [0.25, 0.3) is 0 Å². The van der Waals surface area contributed by atoms with E-state index in [1.807, 2.05) is 6.92 Å². The number of hydrogen-bond donors (Lipinski definition) is 2. The van der Waals surface area contributed by atoms with Crippen LogP contribution in [0.4, 0.5) is 5.69 Å². The molecule has 0 aliphatic heterocycles. The van der Waals surface area contributed by atoms with E-state index in [2.05, 4.69) is 40.6 Å². The van der Waals surface area contributed by atoms with Gasteiger partial charge in [0.05, 0.1) is 11.2 Å². The van der Waals surface area contributed by atoms with Gasteiger partial charge < -0.3 is 11.1 Å². The molecule has 3 heteroatoms. The van der Waals surface area contributed by atoms with Crippen molar-refractivity contribution >= 4 is 16.6 Å². The van der Waals surface area contributed by atoms with Crippen LogP contribution in [0, 0.1) is 6.92 Å². The number of anilines is 1. The molecular weight excluding hydrogens is 234 g/mol. The maximum absolute atomic E-state index is 6.22. The van der Waals surface area contributed by atoms with E-state index in [4.69, 9.17) is 5.73 Å². The third-order valence-corrected chi connectivity index (χ3v) is 4.02. The van der Waals surface area contributed by atoms with E-state index in [0.717, 1.165) is 29.7 Å². The van der Waals surface area contributed by atoms with E-state index in [1.165, 1.54) is 18.2 Å². The van der Waals surface area contributed by atoms with Gasteiger partial charge in [0.2, 0.25) is 0 Å². The van der Waals surface area contributed by atoms with Crippen LogP contribution >= 0.6 is 0 Å². The second kappa shape index (κ2) is 5.17. The van der Waals surface area contributed by atoms with Crippen LogP contribution in [0.5, 0.6) is 0 Å².